The highest BCUT2D eigenvalue weighted by Crippen LogP contribution is 2.25. The normalized spacial score (nSPS) is 10.8. The molecule has 1 aromatic heterocycles. The van der Waals surface area contributed by atoms with E-state index in [0.29, 0.717) is 11.1 Å². The first kappa shape index (κ1) is 9.77. The molecule has 0 spiro atoms. The molecule has 2 rings (SSSR count). The Morgan fingerprint density at radius 2 is 2.20 bits per heavy atom. The summed E-state index contributed by atoms with van der Waals surface area (Å²) in [7, 11) is 0. The van der Waals surface area contributed by atoms with Gasteiger partial charge in [-0.05, 0) is 31.0 Å². The maximum Gasteiger partial charge on any atom is 0.153 e. The van der Waals surface area contributed by atoms with E-state index >= 15 is 0 Å². The summed E-state index contributed by atoms with van der Waals surface area (Å²) in [5, 5.41) is 11.6. The number of aryl methyl sites for hydroxylation is 2. The second kappa shape index (κ2) is 3.42. The summed E-state index contributed by atoms with van der Waals surface area (Å²) >= 11 is 0. The molecule has 0 fully saturated rings. The average molecular weight is 203 g/mol. The first-order valence-corrected chi connectivity index (χ1v) is 4.87. The lowest BCUT2D eigenvalue weighted by atomic mass is 10.1. The van der Waals surface area contributed by atoms with E-state index in [1.807, 2.05) is 12.1 Å². The van der Waals surface area contributed by atoms with Crippen LogP contribution < -0.4 is 5.11 Å². The lowest BCUT2D eigenvalue weighted by Gasteiger charge is -1.97. The molecule has 3 heteroatoms. The fourth-order valence-corrected chi connectivity index (χ4v) is 1.68. The zero-order valence-corrected chi connectivity index (χ0v) is 8.66. The molecule has 0 saturated carbocycles. The van der Waals surface area contributed by atoms with Crippen LogP contribution in [0.3, 0.4) is 0 Å². The van der Waals surface area contributed by atoms with Gasteiger partial charge in [-0.1, -0.05) is 13.0 Å². The lowest BCUT2D eigenvalue weighted by Crippen LogP contribution is -2.22. The van der Waals surface area contributed by atoms with Gasteiger partial charge < -0.3 is 14.3 Å². The van der Waals surface area contributed by atoms with Gasteiger partial charge in [0, 0.05) is 10.9 Å². The van der Waals surface area contributed by atoms with E-state index in [2.05, 4.69) is 6.92 Å². The smallest absolute Gasteiger partial charge is 0.153 e. The van der Waals surface area contributed by atoms with E-state index in [4.69, 9.17) is 4.42 Å². The van der Waals surface area contributed by atoms with Crippen molar-refractivity contribution in [3.63, 3.8) is 0 Å². The van der Waals surface area contributed by atoms with Crippen molar-refractivity contribution in [2.24, 2.45) is 0 Å². The zero-order chi connectivity index (χ0) is 11.0. The van der Waals surface area contributed by atoms with Crippen LogP contribution in [0.1, 0.15) is 28.6 Å². The molecule has 3 nitrogen and oxygen atoms in total. The van der Waals surface area contributed by atoms with Gasteiger partial charge in [0.25, 0.3) is 0 Å². The third kappa shape index (κ3) is 1.50. The van der Waals surface area contributed by atoms with Crippen LogP contribution in [0.15, 0.2) is 22.6 Å². The predicted octanol–water partition coefficient (Wildman–Crippen LogP) is 1.67. The van der Waals surface area contributed by atoms with Crippen molar-refractivity contribution in [2.45, 2.75) is 20.3 Å². The molecule has 0 bridgehead atoms. The standard InChI is InChI=1S/C12H12O3/c1-3-8-4-5-10-9(6-8)7(2)11(15-10)12(13)14/h4-6H,3H2,1-2H3,(H,13,14)/p-1. The van der Waals surface area contributed by atoms with E-state index in [1.165, 1.54) is 0 Å². The fraction of sp³-hybridized carbons (Fsp3) is 0.250. The SMILES string of the molecule is CCc1ccc2oc(C(=O)[O-])c(C)c2c1. The zero-order valence-electron chi connectivity index (χ0n) is 8.66. The Balaban J connectivity index is 2.72. The number of aromatic carboxylic acids is 1. The molecule has 1 heterocycles. The highest BCUT2D eigenvalue weighted by atomic mass is 16.4. The number of carbonyl (C=O) groups excluding carboxylic acids is 1. The van der Waals surface area contributed by atoms with Crippen LogP contribution >= 0.6 is 0 Å². The number of carboxylic acid groups (broad SMARTS) is 1. The van der Waals surface area contributed by atoms with Crippen LogP contribution in [0.5, 0.6) is 0 Å². The van der Waals surface area contributed by atoms with Gasteiger partial charge in [0.2, 0.25) is 0 Å². The number of rotatable bonds is 2. The Morgan fingerprint density at radius 1 is 1.47 bits per heavy atom. The van der Waals surface area contributed by atoms with Crippen LogP contribution in [0, 0.1) is 6.92 Å². The average Bonchev–Trinajstić information content (AvgIpc) is 2.56. The van der Waals surface area contributed by atoms with Crippen molar-refractivity contribution in [1.29, 1.82) is 0 Å². The number of hydrogen-bond acceptors (Lipinski definition) is 3. The predicted molar refractivity (Wildman–Crippen MR) is 54.7 cm³/mol. The highest BCUT2D eigenvalue weighted by Gasteiger charge is 2.10. The van der Waals surface area contributed by atoms with Gasteiger partial charge in [0.05, 0.1) is 0 Å². The summed E-state index contributed by atoms with van der Waals surface area (Å²) in [5.41, 5.74) is 2.40. The van der Waals surface area contributed by atoms with Crippen LogP contribution in [0.25, 0.3) is 11.0 Å². The number of benzene rings is 1. The minimum Gasteiger partial charge on any atom is -0.542 e. The van der Waals surface area contributed by atoms with Crippen molar-refractivity contribution in [1.82, 2.24) is 0 Å². The summed E-state index contributed by atoms with van der Waals surface area (Å²) in [6, 6.07) is 5.69. The van der Waals surface area contributed by atoms with Gasteiger partial charge in [-0.15, -0.1) is 0 Å². The Bertz CT molecular complexity index is 523. The summed E-state index contributed by atoms with van der Waals surface area (Å²) in [6.45, 7) is 3.78. The quantitative estimate of drug-likeness (QED) is 0.746. The van der Waals surface area contributed by atoms with Crippen LogP contribution in [-0.4, -0.2) is 5.97 Å². The molecule has 0 aliphatic carbocycles. The molecule has 78 valence electrons. The molecule has 2 aromatic rings. The van der Waals surface area contributed by atoms with Crippen LogP contribution in [0.2, 0.25) is 0 Å². The third-order valence-corrected chi connectivity index (χ3v) is 2.59. The summed E-state index contributed by atoms with van der Waals surface area (Å²) in [5.74, 6) is -1.33. The minimum absolute atomic E-state index is 0.0711. The van der Waals surface area contributed by atoms with Gasteiger partial charge in [0.15, 0.2) is 5.76 Å². The van der Waals surface area contributed by atoms with Gasteiger partial charge in [-0.25, -0.2) is 0 Å². The van der Waals surface area contributed by atoms with E-state index in [9.17, 15) is 9.90 Å². The van der Waals surface area contributed by atoms with Crippen molar-refractivity contribution in [3.8, 4) is 0 Å². The molecule has 0 aliphatic rings. The van der Waals surface area contributed by atoms with Gasteiger partial charge in [0.1, 0.15) is 11.6 Å². The van der Waals surface area contributed by atoms with Crippen LogP contribution in [-0.2, 0) is 6.42 Å². The maximum atomic E-state index is 10.7. The summed E-state index contributed by atoms with van der Waals surface area (Å²) < 4.78 is 5.20. The molecule has 1 aromatic carbocycles. The molecule has 0 radical (unpaired) electrons. The Hall–Kier alpha value is -1.77. The summed E-state index contributed by atoms with van der Waals surface area (Å²) in [4.78, 5) is 10.7. The molecule has 0 unspecified atom stereocenters. The van der Waals surface area contributed by atoms with E-state index in [1.54, 1.807) is 13.0 Å². The number of carboxylic acids is 1. The first-order valence-electron chi connectivity index (χ1n) is 4.87. The van der Waals surface area contributed by atoms with E-state index in [0.717, 1.165) is 17.4 Å². The molecular weight excluding hydrogens is 192 g/mol. The number of hydrogen-bond donors (Lipinski definition) is 0. The monoisotopic (exact) mass is 203 g/mol. The molecule has 0 amide bonds. The van der Waals surface area contributed by atoms with Crippen LogP contribution in [0.4, 0.5) is 0 Å². The lowest BCUT2D eigenvalue weighted by molar-refractivity contribution is -0.257. The molecular formula is C12H11O3-. The second-order valence-corrected chi connectivity index (χ2v) is 3.53. The molecule has 0 saturated heterocycles. The highest BCUT2D eigenvalue weighted by molar-refractivity contribution is 5.94. The van der Waals surface area contributed by atoms with E-state index < -0.39 is 5.97 Å². The number of fused-ring (bicyclic) bond motifs is 1. The summed E-state index contributed by atoms with van der Waals surface area (Å²) in [6.07, 6.45) is 0.918. The molecule has 15 heavy (non-hydrogen) atoms. The third-order valence-electron chi connectivity index (χ3n) is 2.59. The molecule has 0 N–H and O–H groups in total. The van der Waals surface area contributed by atoms with E-state index in [-0.39, 0.29) is 5.76 Å². The number of furan rings is 1. The van der Waals surface area contributed by atoms with Gasteiger partial charge in [-0.3, -0.25) is 0 Å². The number of carbonyl (C=O) groups is 1. The Kier molecular flexibility index (Phi) is 2.23. The minimum atomic E-state index is -1.26. The molecule has 0 aliphatic heterocycles. The molecule has 0 atom stereocenters. The largest absolute Gasteiger partial charge is 0.542 e. The fourth-order valence-electron chi connectivity index (χ4n) is 1.68. The topological polar surface area (TPSA) is 53.3 Å². The first-order chi connectivity index (χ1) is 7.13. The second-order valence-electron chi connectivity index (χ2n) is 3.53. The maximum absolute atomic E-state index is 10.7. The van der Waals surface area contributed by atoms with Crippen molar-refractivity contribution in [2.75, 3.05) is 0 Å². The van der Waals surface area contributed by atoms with Gasteiger partial charge in [-0.2, -0.15) is 0 Å². The Morgan fingerprint density at radius 3 is 2.80 bits per heavy atom. The van der Waals surface area contributed by atoms with Crippen molar-refractivity contribution < 1.29 is 14.3 Å². The van der Waals surface area contributed by atoms with Crippen molar-refractivity contribution >= 4 is 16.9 Å². The van der Waals surface area contributed by atoms with Crippen molar-refractivity contribution in [3.05, 3.63) is 35.1 Å². The van der Waals surface area contributed by atoms with Gasteiger partial charge >= 0.3 is 0 Å². The Labute approximate surface area is 87.3 Å².